The predicted molar refractivity (Wildman–Crippen MR) is 284 cm³/mol. The first-order valence-corrected chi connectivity index (χ1v) is 29.1. The number of nitrogens with two attached hydrogens (primary N) is 2. The minimum absolute atomic E-state index is 0.0100. The SMILES string of the molecule is CCCCCCCC/C=C\CCCCCCCC(=O)OC.CCCCCCCC/C=C\CCCCCCCC(=O)OCCCOC(=O)CCC(=O)NCCSSCCNC(=O)C(N)CCCN. The van der Waals surface area contributed by atoms with Crippen molar-refractivity contribution in [3.8, 4) is 0 Å². The lowest BCUT2D eigenvalue weighted by Gasteiger charge is -2.11. The van der Waals surface area contributed by atoms with E-state index in [9.17, 15) is 24.0 Å². The number of methoxy groups -OCH3 is 1. The van der Waals surface area contributed by atoms with Gasteiger partial charge in [0.15, 0.2) is 0 Å². The van der Waals surface area contributed by atoms with Gasteiger partial charge in [0.05, 0.1) is 32.8 Å². The number of hydrogen-bond acceptors (Lipinski definition) is 12. The Morgan fingerprint density at radius 1 is 0.493 bits per heavy atom. The number of nitrogens with one attached hydrogen (secondary N) is 2. The van der Waals surface area contributed by atoms with Crippen molar-refractivity contribution in [3.63, 3.8) is 0 Å². The van der Waals surface area contributed by atoms with Crippen LogP contribution in [0.4, 0.5) is 0 Å². The summed E-state index contributed by atoms with van der Waals surface area (Å²) in [7, 11) is 4.66. The molecule has 12 nitrogen and oxygen atoms in total. The molecule has 0 aromatic heterocycles. The van der Waals surface area contributed by atoms with Crippen LogP contribution in [-0.4, -0.2) is 87.2 Å². The van der Waals surface area contributed by atoms with Crippen molar-refractivity contribution in [2.75, 3.05) is 51.5 Å². The van der Waals surface area contributed by atoms with E-state index < -0.39 is 12.0 Å². The molecule has 0 bridgehead atoms. The van der Waals surface area contributed by atoms with Crippen LogP contribution >= 0.6 is 21.6 Å². The number of amides is 2. The maximum absolute atomic E-state index is 11.9. The first-order chi connectivity index (χ1) is 32.7. The van der Waals surface area contributed by atoms with Crippen LogP contribution in [0.15, 0.2) is 24.3 Å². The van der Waals surface area contributed by atoms with Gasteiger partial charge in [0.1, 0.15) is 0 Å². The lowest BCUT2D eigenvalue weighted by Crippen LogP contribution is -2.41. The molecule has 0 aromatic rings. The van der Waals surface area contributed by atoms with E-state index in [1.165, 1.54) is 136 Å². The average Bonchev–Trinajstić information content (AvgIpc) is 3.33. The molecule has 0 spiro atoms. The van der Waals surface area contributed by atoms with E-state index in [-0.39, 0.29) is 49.8 Å². The second-order valence-electron chi connectivity index (χ2n) is 17.4. The topological polar surface area (TPSA) is 189 Å². The summed E-state index contributed by atoms with van der Waals surface area (Å²) < 4.78 is 15.0. The number of allylic oxidation sites excluding steroid dienone is 4. The molecule has 0 saturated heterocycles. The largest absolute Gasteiger partial charge is 0.469 e. The highest BCUT2D eigenvalue weighted by Crippen LogP contribution is 2.19. The van der Waals surface area contributed by atoms with Gasteiger partial charge in [-0.25, -0.2) is 0 Å². The predicted octanol–water partition coefficient (Wildman–Crippen LogP) is 12.2. The molecule has 0 fully saturated rings. The summed E-state index contributed by atoms with van der Waals surface area (Å²) >= 11 is 0. The van der Waals surface area contributed by atoms with Crippen LogP contribution in [0.25, 0.3) is 0 Å². The van der Waals surface area contributed by atoms with E-state index in [1.807, 2.05) is 0 Å². The fraction of sp³-hybridized carbons (Fsp3) is 0.830. The van der Waals surface area contributed by atoms with Crippen molar-refractivity contribution < 1.29 is 38.2 Å². The van der Waals surface area contributed by atoms with Crippen molar-refractivity contribution in [2.45, 2.75) is 232 Å². The van der Waals surface area contributed by atoms with Gasteiger partial charge in [-0.3, -0.25) is 24.0 Å². The fourth-order valence-corrected chi connectivity index (χ4v) is 8.64. The zero-order valence-corrected chi connectivity index (χ0v) is 44.5. The van der Waals surface area contributed by atoms with E-state index in [0.717, 1.165) is 50.7 Å². The van der Waals surface area contributed by atoms with Crippen molar-refractivity contribution in [3.05, 3.63) is 24.3 Å². The molecule has 0 aliphatic heterocycles. The van der Waals surface area contributed by atoms with Crippen LogP contribution in [0, 0.1) is 0 Å². The Bertz CT molecular complexity index is 1210. The zero-order chi connectivity index (χ0) is 49.5. The van der Waals surface area contributed by atoms with E-state index >= 15 is 0 Å². The van der Waals surface area contributed by atoms with Gasteiger partial charge in [-0.15, -0.1) is 0 Å². The Labute approximate surface area is 417 Å². The highest BCUT2D eigenvalue weighted by atomic mass is 33.1. The van der Waals surface area contributed by atoms with Gasteiger partial charge in [-0.2, -0.15) is 0 Å². The molecule has 0 rings (SSSR count). The van der Waals surface area contributed by atoms with Crippen LogP contribution in [0.2, 0.25) is 0 Å². The summed E-state index contributed by atoms with van der Waals surface area (Å²) in [5.41, 5.74) is 11.2. The molecular formula is C53H100N4O8S2. The Kier molecular flexibility index (Phi) is 55.6. The summed E-state index contributed by atoms with van der Waals surface area (Å²) in [6, 6.07) is -0.518. The third-order valence-electron chi connectivity index (χ3n) is 11.0. The van der Waals surface area contributed by atoms with Crippen LogP contribution < -0.4 is 22.1 Å². The number of esters is 3. The molecule has 6 N–H and O–H groups in total. The average molecular weight is 986 g/mol. The summed E-state index contributed by atoms with van der Waals surface area (Å²) in [6.07, 6.45) is 44.7. The van der Waals surface area contributed by atoms with Gasteiger partial charge in [-0.1, -0.05) is 162 Å². The number of carbonyl (C=O) groups excluding carboxylic acids is 5. The van der Waals surface area contributed by atoms with E-state index in [1.54, 1.807) is 21.6 Å². The van der Waals surface area contributed by atoms with Crippen molar-refractivity contribution >= 4 is 51.3 Å². The minimum Gasteiger partial charge on any atom is -0.469 e. The number of carbonyl (C=O) groups is 5. The standard InChI is InChI=1S/C34H64N4O6S2.C19H36O2/c1-2-3-4-5-6-7-8-9-10-11-12-13-14-15-16-20-32(40)43-26-18-27-44-33(41)22-21-31(39)37-24-28-45-46-29-25-38-34(42)30(36)19-17-23-35;1-3-4-5-6-7-8-9-10-11-12-13-14-15-16-17-18-19(20)21-2/h9-10,30H,2-8,11-29,35-36H2,1H3,(H,37,39)(H,38,42);10-11H,3-9,12-18H2,1-2H3/b10-9-;11-10-. The maximum atomic E-state index is 11.9. The molecule has 392 valence electrons. The molecule has 0 heterocycles. The number of hydrogen-bond donors (Lipinski definition) is 4. The van der Waals surface area contributed by atoms with E-state index in [0.29, 0.717) is 51.1 Å². The third kappa shape index (κ3) is 55.9. The monoisotopic (exact) mass is 985 g/mol. The summed E-state index contributed by atoms with van der Waals surface area (Å²) in [4.78, 5) is 58.4. The van der Waals surface area contributed by atoms with Crippen molar-refractivity contribution in [1.29, 1.82) is 0 Å². The Morgan fingerprint density at radius 2 is 0.896 bits per heavy atom. The molecule has 14 heteroatoms. The number of ether oxygens (including phenoxy) is 3. The first-order valence-electron chi connectivity index (χ1n) is 26.6. The Hall–Kier alpha value is -2.55. The summed E-state index contributed by atoms with van der Waals surface area (Å²) in [5, 5.41) is 5.58. The highest BCUT2D eigenvalue weighted by molar-refractivity contribution is 8.76. The van der Waals surface area contributed by atoms with E-state index in [2.05, 4.69) is 53.5 Å². The number of unbranched alkanes of at least 4 members (excludes halogenated alkanes) is 22. The molecule has 2 amide bonds. The van der Waals surface area contributed by atoms with Crippen LogP contribution in [0.1, 0.15) is 226 Å². The normalized spacial score (nSPS) is 11.6. The summed E-state index contributed by atoms with van der Waals surface area (Å²) in [6.45, 7) is 6.44. The molecule has 1 unspecified atom stereocenters. The van der Waals surface area contributed by atoms with E-state index in [4.69, 9.17) is 20.9 Å². The van der Waals surface area contributed by atoms with Crippen LogP contribution in [0.5, 0.6) is 0 Å². The summed E-state index contributed by atoms with van der Waals surface area (Å²) in [5.74, 6) is 0.357. The first kappa shape index (κ1) is 66.5. The molecule has 0 aromatic carbocycles. The fourth-order valence-electron chi connectivity index (χ4n) is 6.83. The molecular weight excluding hydrogens is 885 g/mol. The lowest BCUT2D eigenvalue weighted by atomic mass is 10.1. The zero-order valence-electron chi connectivity index (χ0n) is 42.9. The smallest absolute Gasteiger partial charge is 0.306 e. The molecule has 67 heavy (non-hydrogen) atoms. The van der Waals surface area contributed by atoms with Gasteiger partial charge in [-0.05, 0) is 83.6 Å². The second-order valence-corrected chi connectivity index (χ2v) is 20.1. The number of rotatable bonds is 48. The highest BCUT2D eigenvalue weighted by Gasteiger charge is 2.12. The molecule has 0 aliphatic rings. The minimum atomic E-state index is -0.518. The van der Waals surface area contributed by atoms with Crippen molar-refractivity contribution in [2.24, 2.45) is 11.5 Å². The van der Waals surface area contributed by atoms with Gasteiger partial charge >= 0.3 is 17.9 Å². The second kappa shape index (κ2) is 56.0. The van der Waals surface area contributed by atoms with Crippen LogP contribution in [0.3, 0.4) is 0 Å². The molecule has 1 atom stereocenters. The van der Waals surface area contributed by atoms with Gasteiger partial charge < -0.3 is 36.3 Å². The third-order valence-corrected chi connectivity index (χ3v) is 13.4. The Balaban J connectivity index is 0. The molecule has 0 radical (unpaired) electrons. The molecule has 0 aliphatic carbocycles. The van der Waals surface area contributed by atoms with Crippen LogP contribution in [-0.2, 0) is 38.2 Å². The molecule has 0 saturated carbocycles. The lowest BCUT2D eigenvalue weighted by molar-refractivity contribution is -0.147. The maximum Gasteiger partial charge on any atom is 0.306 e. The van der Waals surface area contributed by atoms with Gasteiger partial charge in [0.25, 0.3) is 0 Å². The van der Waals surface area contributed by atoms with Gasteiger partial charge in [0, 0.05) is 50.3 Å². The van der Waals surface area contributed by atoms with Gasteiger partial charge in [0.2, 0.25) is 11.8 Å². The Morgan fingerprint density at radius 3 is 1.34 bits per heavy atom. The quantitative estimate of drug-likeness (QED) is 0.0149. The van der Waals surface area contributed by atoms with Crippen molar-refractivity contribution in [1.82, 2.24) is 10.6 Å².